The smallest absolute Gasteiger partial charge is 0.166 e. The van der Waals surface area contributed by atoms with Crippen LogP contribution in [0, 0.1) is 0 Å². The average Bonchev–Trinajstić information content (AvgIpc) is 2.92. The van der Waals surface area contributed by atoms with Crippen molar-refractivity contribution in [2.75, 3.05) is 12.8 Å². The number of anilines is 1. The Hall–Kier alpha value is -2.63. The molecule has 0 saturated carbocycles. The fourth-order valence-electron chi connectivity index (χ4n) is 2.19. The van der Waals surface area contributed by atoms with Gasteiger partial charge in [0.05, 0.1) is 13.4 Å². The van der Waals surface area contributed by atoms with Gasteiger partial charge in [0.25, 0.3) is 0 Å². The molecule has 6 nitrogen and oxygen atoms in total. The summed E-state index contributed by atoms with van der Waals surface area (Å²) >= 11 is 0. The van der Waals surface area contributed by atoms with E-state index in [0.717, 1.165) is 17.0 Å². The van der Waals surface area contributed by atoms with Gasteiger partial charge in [-0.25, -0.2) is 15.0 Å². The molecule has 2 aromatic heterocycles. The Bertz CT molecular complexity index is 777. The van der Waals surface area contributed by atoms with Gasteiger partial charge in [-0.15, -0.1) is 0 Å². The molecule has 0 fully saturated rings. The minimum Gasteiger partial charge on any atom is -0.497 e. The molecule has 3 rings (SSSR count). The lowest BCUT2D eigenvalue weighted by Gasteiger charge is -2.09. The third-order valence-corrected chi connectivity index (χ3v) is 3.35. The van der Waals surface area contributed by atoms with E-state index in [2.05, 4.69) is 28.8 Å². The highest BCUT2D eigenvalue weighted by molar-refractivity contribution is 5.83. The van der Waals surface area contributed by atoms with Crippen LogP contribution in [0.5, 0.6) is 5.75 Å². The van der Waals surface area contributed by atoms with Gasteiger partial charge in [-0.3, -0.25) is 0 Å². The number of hydrogen-bond acceptors (Lipinski definition) is 5. The normalized spacial score (nSPS) is 11.2. The Morgan fingerprint density at radius 3 is 2.48 bits per heavy atom. The monoisotopic (exact) mass is 283 g/mol. The third-order valence-electron chi connectivity index (χ3n) is 3.35. The van der Waals surface area contributed by atoms with Crippen LogP contribution in [0.4, 0.5) is 5.82 Å². The molecule has 6 heteroatoms. The molecule has 0 spiro atoms. The molecule has 0 aliphatic heterocycles. The van der Waals surface area contributed by atoms with Crippen LogP contribution >= 0.6 is 0 Å². The number of benzene rings is 1. The highest BCUT2D eigenvalue weighted by Crippen LogP contribution is 2.25. The number of nitrogens with zero attached hydrogens (tertiary/aromatic N) is 4. The van der Waals surface area contributed by atoms with Gasteiger partial charge in [-0.2, -0.15) is 0 Å². The SMILES string of the molecule is COc1ccc(-c2nc(N)c3ncn(C(C)C)c3n2)cc1. The predicted octanol–water partition coefficient (Wildman–Crippen LogP) is 2.67. The highest BCUT2D eigenvalue weighted by Gasteiger charge is 2.13. The van der Waals surface area contributed by atoms with E-state index in [1.54, 1.807) is 13.4 Å². The first-order chi connectivity index (χ1) is 10.1. The molecule has 1 aromatic carbocycles. The van der Waals surface area contributed by atoms with Gasteiger partial charge >= 0.3 is 0 Å². The number of nitrogens with two attached hydrogens (primary N) is 1. The molecule has 0 saturated heterocycles. The van der Waals surface area contributed by atoms with Crippen molar-refractivity contribution in [2.24, 2.45) is 0 Å². The van der Waals surface area contributed by atoms with Crippen molar-refractivity contribution in [1.29, 1.82) is 0 Å². The maximum Gasteiger partial charge on any atom is 0.166 e. The maximum atomic E-state index is 6.01. The van der Waals surface area contributed by atoms with Gasteiger partial charge in [-0.1, -0.05) is 0 Å². The van der Waals surface area contributed by atoms with E-state index in [9.17, 15) is 0 Å². The fourth-order valence-corrected chi connectivity index (χ4v) is 2.19. The van der Waals surface area contributed by atoms with Crippen molar-refractivity contribution in [3.63, 3.8) is 0 Å². The lowest BCUT2D eigenvalue weighted by atomic mass is 10.2. The Labute approximate surface area is 122 Å². The summed E-state index contributed by atoms with van der Waals surface area (Å²) in [5.41, 5.74) is 8.29. The molecule has 0 aliphatic carbocycles. The van der Waals surface area contributed by atoms with E-state index in [0.29, 0.717) is 17.2 Å². The molecular weight excluding hydrogens is 266 g/mol. The summed E-state index contributed by atoms with van der Waals surface area (Å²) in [6.45, 7) is 4.15. The zero-order chi connectivity index (χ0) is 15.0. The average molecular weight is 283 g/mol. The van der Waals surface area contributed by atoms with E-state index in [-0.39, 0.29) is 6.04 Å². The van der Waals surface area contributed by atoms with Gasteiger partial charge in [0.2, 0.25) is 0 Å². The molecule has 0 unspecified atom stereocenters. The molecule has 0 bridgehead atoms. The van der Waals surface area contributed by atoms with Crippen molar-refractivity contribution in [2.45, 2.75) is 19.9 Å². The Balaban J connectivity index is 2.16. The first kappa shape index (κ1) is 13.4. The van der Waals surface area contributed by atoms with Crippen LogP contribution in [-0.2, 0) is 0 Å². The van der Waals surface area contributed by atoms with Crippen LogP contribution in [-0.4, -0.2) is 26.6 Å². The number of nitrogen functional groups attached to an aromatic ring is 1. The van der Waals surface area contributed by atoms with Crippen molar-refractivity contribution >= 4 is 17.0 Å². The topological polar surface area (TPSA) is 78.9 Å². The summed E-state index contributed by atoms with van der Waals surface area (Å²) in [7, 11) is 1.64. The molecule has 2 N–H and O–H groups in total. The van der Waals surface area contributed by atoms with Crippen molar-refractivity contribution < 1.29 is 4.74 Å². The molecule has 3 aromatic rings. The van der Waals surface area contributed by atoms with Gasteiger partial charge in [0.15, 0.2) is 17.3 Å². The van der Waals surface area contributed by atoms with E-state index in [4.69, 9.17) is 10.5 Å². The molecule has 0 amide bonds. The van der Waals surface area contributed by atoms with E-state index in [1.165, 1.54) is 0 Å². The van der Waals surface area contributed by atoms with Gasteiger partial charge in [0.1, 0.15) is 11.3 Å². The molecule has 108 valence electrons. The Kier molecular flexibility index (Phi) is 3.21. The standard InChI is InChI=1S/C15H17N5O/c1-9(2)20-8-17-12-13(16)18-14(19-15(12)20)10-4-6-11(21-3)7-5-10/h4-9H,1-3H3,(H2,16,18,19). The second kappa shape index (κ2) is 5.05. The van der Waals surface area contributed by atoms with E-state index >= 15 is 0 Å². The van der Waals surface area contributed by atoms with Crippen LogP contribution in [0.2, 0.25) is 0 Å². The summed E-state index contributed by atoms with van der Waals surface area (Å²) < 4.78 is 7.14. The lowest BCUT2D eigenvalue weighted by Crippen LogP contribution is -2.03. The van der Waals surface area contributed by atoms with Crippen LogP contribution in [0.25, 0.3) is 22.6 Å². The van der Waals surface area contributed by atoms with E-state index in [1.807, 2.05) is 28.8 Å². The first-order valence-corrected chi connectivity index (χ1v) is 6.74. The molecule has 0 aliphatic rings. The number of imidazole rings is 1. The number of methoxy groups -OCH3 is 1. The van der Waals surface area contributed by atoms with Crippen molar-refractivity contribution in [3.8, 4) is 17.1 Å². The van der Waals surface area contributed by atoms with Crippen molar-refractivity contribution in [1.82, 2.24) is 19.5 Å². The van der Waals surface area contributed by atoms with Crippen LogP contribution in [0.1, 0.15) is 19.9 Å². The number of aromatic nitrogens is 4. The second-order valence-corrected chi connectivity index (χ2v) is 5.08. The number of hydrogen-bond donors (Lipinski definition) is 1. The molecule has 0 radical (unpaired) electrons. The summed E-state index contributed by atoms with van der Waals surface area (Å²) in [5.74, 6) is 1.77. The largest absolute Gasteiger partial charge is 0.497 e. The zero-order valence-electron chi connectivity index (χ0n) is 12.2. The molecule has 21 heavy (non-hydrogen) atoms. The van der Waals surface area contributed by atoms with Gasteiger partial charge in [0, 0.05) is 11.6 Å². The summed E-state index contributed by atoms with van der Waals surface area (Å²) in [5, 5.41) is 0. The summed E-state index contributed by atoms with van der Waals surface area (Å²) in [6, 6.07) is 7.83. The lowest BCUT2D eigenvalue weighted by molar-refractivity contribution is 0.415. The fraction of sp³-hybridized carbons (Fsp3) is 0.267. The van der Waals surface area contributed by atoms with Gasteiger partial charge < -0.3 is 15.0 Å². The number of fused-ring (bicyclic) bond motifs is 1. The number of rotatable bonds is 3. The third kappa shape index (κ3) is 2.29. The van der Waals surface area contributed by atoms with Crippen LogP contribution in [0.3, 0.4) is 0 Å². The minimum absolute atomic E-state index is 0.257. The summed E-state index contributed by atoms with van der Waals surface area (Å²) in [6.07, 6.45) is 1.75. The Morgan fingerprint density at radius 1 is 1.14 bits per heavy atom. The van der Waals surface area contributed by atoms with Crippen LogP contribution < -0.4 is 10.5 Å². The zero-order valence-corrected chi connectivity index (χ0v) is 12.2. The second-order valence-electron chi connectivity index (χ2n) is 5.08. The maximum absolute atomic E-state index is 6.01. The number of ether oxygens (including phenoxy) is 1. The molecule has 2 heterocycles. The summed E-state index contributed by atoms with van der Waals surface area (Å²) in [4.78, 5) is 13.3. The highest BCUT2D eigenvalue weighted by atomic mass is 16.5. The van der Waals surface area contributed by atoms with Crippen molar-refractivity contribution in [3.05, 3.63) is 30.6 Å². The van der Waals surface area contributed by atoms with Gasteiger partial charge in [-0.05, 0) is 38.1 Å². The van der Waals surface area contributed by atoms with Crippen LogP contribution in [0.15, 0.2) is 30.6 Å². The molecule has 0 atom stereocenters. The minimum atomic E-state index is 0.257. The molecular formula is C15H17N5O. The predicted molar refractivity (Wildman–Crippen MR) is 82.1 cm³/mol. The first-order valence-electron chi connectivity index (χ1n) is 6.74. The van der Waals surface area contributed by atoms with E-state index < -0.39 is 0 Å². The quantitative estimate of drug-likeness (QED) is 0.799. The Morgan fingerprint density at radius 2 is 1.86 bits per heavy atom.